The molecule has 0 aliphatic rings. The fourth-order valence-corrected chi connectivity index (χ4v) is 9.96. The van der Waals surface area contributed by atoms with Crippen molar-refractivity contribution in [1.29, 1.82) is 0 Å². The molecule has 4 heterocycles. The first-order valence-corrected chi connectivity index (χ1v) is 28.5. The number of para-hydroxylation sites is 2. The number of fused-ring (bicyclic) bond motifs is 4. The van der Waals surface area contributed by atoms with Gasteiger partial charge < -0.3 is 4.57 Å². The van der Waals surface area contributed by atoms with Crippen LogP contribution in [0.5, 0.6) is 0 Å². The third-order valence-electron chi connectivity index (χ3n) is 11.8. The number of halogens is 1. The predicted octanol–water partition coefficient (Wildman–Crippen LogP) is 14.3. The van der Waals surface area contributed by atoms with E-state index in [-0.39, 0.29) is 37.5 Å². The third kappa shape index (κ3) is 8.99. The zero-order valence-electron chi connectivity index (χ0n) is 39.5. The molecule has 1 radical (unpaired) electrons. The minimum atomic E-state index is -2.56. The molecule has 0 N–H and O–H groups in total. The molecule has 0 aliphatic heterocycles. The molecule has 2 atom stereocenters. The minimum absolute atomic E-state index is 0. The Morgan fingerprint density at radius 1 is 0.774 bits per heavy atom. The van der Waals surface area contributed by atoms with Gasteiger partial charge in [0.1, 0.15) is 0 Å². The number of hydrogen-bond acceptors (Lipinski definition) is 4. The number of pyridine rings is 2. The Bertz CT molecular complexity index is 3090. The van der Waals surface area contributed by atoms with Crippen molar-refractivity contribution in [2.75, 3.05) is 0 Å². The van der Waals surface area contributed by atoms with Gasteiger partial charge in [-0.3, -0.25) is 4.98 Å². The number of nitrogens with zero attached hydrogens (tertiary/aromatic N) is 4. The number of aryl methyl sites for hydroxylation is 2. The van der Waals surface area contributed by atoms with Crippen LogP contribution >= 0.6 is 0 Å². The third-order valence-corrected chi connectivity index (χ3v) is 16.1. The molecule has 0 saturated carbocycles. The number of rotatable bonds is 9. The fourth-order valence-electron chi connectivity index (χ4n) is 7.79. The van der Waals surface area contributed by atoms with E-state index in [4.69, 9.17) is 13.5 Å². The summed E-state index contributed by atoms with van der Waals surface area (Å²) in [7, 11) is 0. The number of hydrogen-bond donors (Lipinski definition) is 0. The van der Waals surface area contributed by atoms with Gasteiger partial charge in [0.25, 0.3) is 0 Å². The minimum Gasteiger partial charge on any atom is -0.333 e. The Kier molecular flexibility index (Phi) is 12.3. The molecule has 9 aromatic rings. The molecule has 4 aromatic heterocycles. The monoisotopic (exact) mass is 1060 g/mol. The van der Waals surface area contributed by atoms with Gasteiger partial charge in [-0.05, 0) is 71.2 Å². The van der Waals surface area contributed by atoms with Crippen LogP contribution in [0.25, 0.3) is 72.6 Å². The van der Waals surface area contributed by atoms with Crippen molar-refractivity contribution in [3.63, 3.8) is 0 Å². The Morgan fingerprint density at radius 3 is 2.11 bits per heavy atom. The van der Waals surface area contributed by atoms with Gasteiger partial charge in [-0.25, -0.2) is 4.39 Å². The van der Waals surface area contributed by atoms with Crippen LogP contribution < -0.4 is 4.40 Å². The van der Waals surface area contributed by atoms with Crippen molar-refractivity contribution in [3.05, 3.63) is 162 Å². The van der Waals surface area contributed by atoms with Crippen molar-refractivity contribution >= 4 is 50.8 Å². The second-order valence-corrected chi connectivity index (χ2v) is 27.7. The Morgan fingerprint density at radius 2 is 1.47 bits per heavy atom. The normalized spacial score (nSPS) is 13.5. The maximum absolute atomic E-state index is 15.2. The summed E-state index contributed by atoms with van der Waals surface area (Å²) in [5.74, 6) is 7.38. The van der Waals surface area contributed by atoms with Crippen LogP contribution in [-0.4, -0.2) is 32.8 Å². The van der Waals surface area contributed by atoms with Gasteiger partial charge in [0.15, 0.2) is 0 Å². The van der Waals surface area contributed by atoms with Gasteiger partial charge in [0.05, 0.1) is 16.9 Å². The number of aromatic nitrogens is 4. The van der Waals surface area contributed by atoms with Crippen molar-refractivity contribution < 1.29 is 33.0 Å². The molecule has 9 rings (SSSR count). The molecule has 0 amide bonds. The quantitative estimate of drug-likeness (QED) is 0.107. The van der Waals surface area contributed by atoms with Gasteiger partial charge >= 0.3 is 144 Å². The summed E-state index contributed by atoms with van der Waals surface area (Å²) in [4.78, 5) is 14.1. The van der Waals surface area contributed by atoms with E-state index in [9.17, 15) is 0 Å². The Hall–Kier alpha value is -5.21. The van der Waals surface area contributed by atoms with Crippen LogP contribution in [0.15, 0.2) is 126 Å². The van der Waals surface area contributed by atoms with Gasteiger partial charge in [0, 0.05) is 35.7 Å². The van der Waals surface area contributed by atoms with Crippen LogP contribution in [0, 0.1) is 31.7 Å². The van der Waals surface area contributed by atoms with Crippen LogP contribution in [0.3, 0.4) is 0 Å². The Labute approximate surface area is 385 Å². The van der Waals surface area contributed by atoms with Crippen molar-refractivity contribution in [1.82, 2.24) is 19.5 Å². The number of furan rings is 1. The number of benzene rings is 5. The molecule has 62 heavy (non-hydrogen) atoms. The zero-order valence-corrected chi connectivity index (χ0v) is 41.0. The van der Waals surface area contributed by atoms with E-state index in [0.717, 1.165) is 68.4 Å². The molecular weight excluding hydrogens is 1000 g/mol. The first-order chi connectivity index (χ1) is 30.5. The van der Waals surface area contributed by atoms with Crippen LogP contribution in [-0.2, 0) is 20.1 Å². The zero-order chi connectivity index (χ0) is 45.5. The Balaban J connectivity index is 0.000000215. The van der Waals surface area contributed by atoms with E-state index in [1.807, 2.05) is 55.6 Å². The van der Waals surface area contributed by atoms with E-state index in [1.54, 1.807) is 0 Å². The van der Waals surface area contributed by atoms with E-state index >= 15 is 4.39 Å². The average molecular weight is 1060 g/mol. The topological polar surface area (TPSA) is 56.7 Å². The van der Waals surface area contributed by atoms with E-state index in [0.29, 0.717) is 17.1 Å². The summed E-state index contributed by atoms with van der Waals surface area (Å²) in [6.45, 7) is 8.27. The molecule has 0 spiro atoms. The molecule has 5 aromatic carbocycles. The van der Waals surface area contributed by atoms with Crippen molar-refractivity contribution in [3.8, 4) is 39.5 Å². The maximum atomic E-state index is 15.2. The summed E-state index contributed by atoms with van der Waals surface area (Å²) >= 11 is -1.83. The van der Waals surface area contributed by atoms with Gasteiger partial charge in [0.2, 0.25) is 0 Å². The van der Waals surface area contributed by atoms with Crippen LogP contribution in [0.2, 0.25) is 17.3 Å². The summed E-state index contributed by atoms with van der Waals surface area (Å²) in [6.07, 6.45) is 3.92. The summed E-state index contributed by atoms with van der Waals surface area (Å²) < 4.78 is 47.6. The summed E-state index contributed by atoms with van der Waals surface area (Å²) in [5, 5.41) is 2.10. The smallest absolute Gasteiger partial charge is 0.0774 e. The standard InChI is InChI=1S/C34H34FN2.C20H19GeN2O.Ir/c1-6-22(3)28-19-27(25-13-9-8-10-14-25)20-29(23(4)7-2)33(28)37-32-16-12-11-15-31(32)36-34(37)26-18-17-24(5)30(35)21-26;1-13-5-8-16-17-11-14(6-10-19(17)24-20(16)23-13)18-9-7-15(12-22-18)21(2,3)4;/h8-17,19-23H,6-7H2,1-5H3;5,7-12H,1-4H3;/q2*-1;/i5D3;;. The van der Waals surface area contributed by atoms with Gasteiger partial charge in [-0.2, -0.15) is 0 Å². The van der Waals surface area contributed by atoms with E-state index in [2.05, 4.69) is 132 Å². The van der Waals surface area contributed by atoms with Crippen molar-refractivity contribution in [2.45, 2.75) is 83.4 Å². The predicted molar refractivity (Wildman–Crippen MR) is 254 cm³/mol. The van der Waals surface area contributed by atoms with E-state index < -0.39 is 25.9 Å². The molecule has 0 aliphatic carbocycles. The van der Waals surface area contributed by atoms with Crippen molar-refractivity contribution in [2.24, 2.45) is 0 Å². The average Bonchev–Trinajstić information content (AvgIpc) is 3.85. The van der Waals surface area contributed by atoms with Crippen LogP contribution in [0.4, 0.5) is 4.39 Å². The SMILES string of the molecule is Cc1ccc2c(n1)oc1c[c-]c(-c3cc[c]([Ge]([CH3])([CH3])[CH3])cn3)cc12.[2H]C([2H])([2H])c1c[c-]c(-c2nc3ccccc3n2-c2c(C(C)CC)cc(-c3ccccc3)cc2C(C)CC)cc1F.[Ir]. The molecule has 8 heteroatoms. The first kappa shape index (κ1) is 40.8. The molecule has 0 bridgehead atoms. The molecule has 2 unspecified atom stereocenters. The maximum Gasteiger partial charge on any atom is 0.0774 e. The molecule has 5 nitrogen and oxygen atoms in total. The second kappa shape index (κ2) is 18.6. The second-order valence-electron chi connectivity index (χ2n) is 17.1. The first-order valence-electron chi connectivity index (χ1n) is 22.7. The van der Waals surface area contributed by atoms with Gasteiger partial charge in [-0.15, -0.1) is 23.8 Å². The molecular formula is C54H53FGeIrN4O-2. The largest absolute Gasteiger partial charge is 0.333 e. The molecule has 0 saturated heterocycles. The summed E-state index contributed by atoms with van der Waals surface area (Å²) in [6, 6.07) is 44.1. The van der Waals surface area contributed by atoms with Gasteiger partial charge in [-0.1, -0.05) is 82.6 Å². The molecule has 317 valence electrons. The molecule has 0 fully saturated rings. The van der Waals surface area contributed by atoms with E-state index in [1.165, 1.54) is 33.2 Å². The summed E-state index contributed by atoms with van der Waals surface area (Å²) in [5.41, 5.74) is 11.9. The number of imidazole rings is 1. The fraction of sp³-hybridized carbons (Fsp3) is 0.241. The van der Waals surface area contributed by atoms with Crippen LogP contribution in [0.1, 0.15) is 78.9 Å².